The summed E-state index contributed by atoms with van der Waals surface area (Å²) in [5.41, 5.74) is 2.98. The number of benzene rings is 1. The minimum atomic E-state index is -0.519. The molecule has 0 unspecified atom stereocenters. The number of ether oxygens (including phenoxy) is 2. The third-order valence-electron chi connectivity index (χ3n) is 6.89. The van der Waals surface area contributed by atoms with Gasteiger partial charge in [0.25, 0.3) is 5.91 Å². The summed E-state index contributed by atoms with van der Waals surface area (Å²) < 4.78 is 27.6. The molecule has 0 saturated carbocycles. The number of imidazole rings is 1. The highest BCUT2D eigenvalue weighted by Gasteiger charge is 2.26. The predicted molar refractivity (Wildman–Crippen MR) is 142 cm³/mol. The molecule has 3 aromatic heterocycles. The molecule has 11 heteroatoms. The van der Waals surface area contributed by atoms with E-state index in [1.54, 1.807) is 36.0 Å². The average Bonchev–Trinajstić information content (AvgIpc) is 3.51. The Labute approximate surface area is 219 Å². The maximum Gasteiger partial charge on any atom is 0.317 e. The second kappa shape index (κ2) is 9.80. The minimum absolute atomic E-state index is 0.129. The molecule has 0 spiro atoms. The lowest BCUT2D eigenvalue weighted by molar-refractivity contribution is 0.102. The summed E-state index contributed by atoms with van der Waals surface area (Å²) in [5, 5.41) is 7.12. The van der Waals surface area contributed by atoms with Crippen molar-refractivity contribution < 1.29 is 18.7 Å². The third kappa shape index (κ3) is 4.74. The third-order valence-corrected chi connectivity index (χ3v) is 6.89. The minimum Gasteiger partial charge on any atom is -0.458 e. The average molecular weight is 520 g/mol. The molecule has 6 rings (SSSR count). The van der Waals surface area contributed by atoms with Gasteiger partial charge in [0, 0.05) is 67.3 Å². The van der Waals surface area contributed by atoms with Crippen molar-refractivity contribution in [2.45, 2.75) is 45.4 Å². The molecule has 38 heavy (non-hydrogen) atoms. The Kier molecular flexibility index (Phi) is 6.32. The number of anilines is 2. The van der Waals surface area contributed by atoms with Crippen molar-refractivity contribution in [1.29, 1.82) is 0 Å². The van der Waals surface area contributed by atoms with Gasteiger partial charge in [-0.15, -0.1) is 0 Å². The number of halogens is 1. The van der Waals surface area contributed by atoms with Crippen molar-refractivity contribution in [2.24, 2.45) is 0 Å². The summed E-state index contributed by atoms with van der Waals surface area (Å²) in [6.45, 7) is 8.82. The Bertz CT molecular complexity index is 1510. The number of nitrogens with zero attached hydrogens (tertiary/aromatic N) is 5. The van der Waals surface area contributed by atoms with Crippen LogP contribution < -0.4 is 20.3 Å². The molecule has 3 atom stereocenters. The van der Waals surface area contributed by atoms with Crippen LogP contribution in [-0.2, 0) is 4.74 Å². The first kappa shape index (κ1) is 24.5. The highest BCUT2D eigenvalue weighted by Crippen LogP contribution is 2.31. The zero-order chi connectivity index (χ0) is 26.4. The van der Waals surface area contributed by atoms with Gasteiger partial charge in [-0.1, -0.05) is 0 Å². The molecule has 2 saturated heterocycles. The van der Waals surface area contributed by atoms with E-state index in [-0.39, 0.29) is 17.8 Å². The van der Waals surface area contributed by atoms with Crippen molar-refractivity contribution >= 4 is 33.8 Å². The highest BCUT2D eigenvalue weighted by molar-refractivity contribution is 6.13. The topological polar surface area (TPSA) is 106 Å². The molecule has 5 heterocycles. The van der Waals surface area contributed by atoms with Gasteiger partial charge < -0.3 is 29.4 Å². The molecule has 2 aliphatic rings. The van der Waals surface area contributed by atoms with Gasteiger partial charge >= 0.3 is 6.01 Å². The van der Waals surface area contributed by atoms with Gasteiger partial charge in [-0.05, 0) is 32.9 Å². The van der Waals surface area contributed by atoms with Crippen LogP contribution in [0.2, 0.25) is 0 Å². The number of rotatable bonds is 5. The molecule has 1 amide bonds. The standard InChI is InChI=1S/C27H30FN7O3/c1-15-10-34(11-16(2)30-15)23-5-4-20(24-21(23)9-29-27(33-24)38-19-6-7-37-14-19)26(36)32-18-8-22(28)25-31-17(3)12-35(25)13-18/h4-5,8-9,12-13,15-16,19,30H,6-7,10-11,14H2,1-3H3,(H,32,36)/t15-,16+,19-/m0/s1. The number of aromatic nitrogens is 4. The predicted octanol–water partition coefficient (Wildman–Crippen LogP) is 3.33. The number of pyridine rings is 1. The van der Waals surface area contributed by atoms with Gasteiger partial charge in [0.15, 0.2) is 11.5 Å². The Balaban J connectivity index is 1.38. The number of fused-ring (bicyclic) bond motifs is 2. The SMILES string of the molecule is Cc1cn2cc(NC(=O)c3ccc(N4C[C@@H](C)N[C@@H](C)C4)c4cnc(O[C@H]5CCOC5)nc34)cc(F)c2n1. The first-order chi connectivity index (χ1) is 18.3. The Morgan fingerprint density at radius 2 is 2.03 bits per heavy atom. The number of amides is 1. The van der Waals surface area contributed by atoms with Crippen LogP contribution in [0.1, 0.15) is 36.3 Å². The van der Waals surface area contributed by atoms with Gasteiger partial charge in [0.2, 0.25) is 0 Å². The number of piperazine rings is 1. The number of hydrogen-bond donors (Lipinski definition) is 2. The molecule has 1 aromatic carbocycles. The Morgan fingerprint density at radius 3 is 2.79 bits per heavy atom. The summed E-state index contributed by atoms with van der Waals surface area (Å²) in [6, 6.07) is 5.76. The van der Waals surface area contributed by atoms with Crippen molar-refractivity contribution in [3.63, 3.8) is 0 Å². The maximum absolute atomic E-state index is 14.6. The molecule has 2 fully saturated rings. The molecule has 0 aliphatic carbocycles. The Morgan fingerprint density at radius 1 is 1.21 bits per heavy atom. The van der Waals surface area contributed by atoms with E-state index in [9.17, 15) is 9.18 Å². The molecule has 4 aromatic rings. The monoisotopic (exact) mass is 519 g/mol. The van der Waals surface area contributed by atoms with Gasteiger partial charge in [0.05, 0.1) is 35.7 Å². The fraction of sp³-hybridized carbons (Fsp3) is 0.407. The largest absolute Gasteiger partial charge is 0.458 e. The first-order valence-corrected chi connectivity index (χ1v) is 12.9. The fourth-order valence-electron chi connectivity index (χ4n) is 5.33. The zero-order valence-corrected chi connectivity index (χ0v) is 21.6. The Hall–Kier alpha value is -3.83. The van der Waals surface area contributed by atoms with Crippen LogP contribution in [0, 0.1) is 12.7 Å². The van der Waals surface area contributed by atoms with E-state index in [4.69, 9.17) is 9.47 Å². The summed E-state index contributed by atoms with van der Waals surface area (Å²) in [6.07, 6.45) is 5.69. The van der Waals surface area contributed by atoms with Gasteiger partial charge in [-0.25, -0.2) is 14.4 Å². The van der Waals surface area contributed by atoms with Gasteiger partial charge in [0.1, 0.15) is 6.10 Å². The molecule has 2 N–H and O–H groups in total. The van der Waals surface area contributed by atoms with Crippen LogP contribution in [-0.4, -0.2) is 69.8 Å². The summed E-state index contributed by atoms with van der Waals surface area (Å²) in [4.78, 5) is 29.1. The second-order valence-electron chi connectivity index (χ2n) is 10.2. The van der Waals surface area contributed by atoms with E-state index in [0.29, 0.717) is 47.8 Å². The van der Waals surface area contributed by atoms with E-state index in [1.165, 1.54) is 6.07 Å². The van der Waals surface area contributed by atoms with Crippen molar-refractivity contribution in [2.75, 3.05) is 36.5 Å². The van der Waals surface area contributed by atoms with Crippen LogP contribution in [0.3, 0.4) is 0 Å². The van der Waals surface area contributed by atoms with Crippen molar-refractivity contribution in [1.82, 2.24) is 24.7 Å². The number of carbonyl (C=O) groups is 1. The maximum atomic E-state index is 14.6. The van der Waals surface area contributed by atoms with E-state index < -0.39 is 11.7 Å². The van der Waals surface area contributed by atoms with Gasteiger partial charge in [-0.2, -0.15) is 4.98 Å². The lowest BCUT2D eigenvalue weighted by Crippen LogP contribution is -2.54. The molecule has 2 aliphatic heterocycles. The molecular weight excluding hydrogens is 489 g/mol. The normalized spacial score (nSPS) is 21.8. The second-order valence-corrected chi connectivity index (χ2v) is 10.2. The van der Waals surface area contributed by atoms with Gasteiger partial charge in [-0.3, -0.25) is 4.79 Å². The number of carbonyl (C=O) groups excluding carboxylic acids is 1. The van der Waals surface area contributed by atoms with Crippen LogP contribution in [0.15, 0.2) is 36.8 Å². The number of nitrogens with one attached hydrogen (secondary N) is 2. The molecule has 10 nitrogen and oxygen atoms in total. The molecule has 198 valence electrons. The lowest BCUT2D eigenvalue weighted by Gasteiger charge is -2.38. The van der Waals surface area contributed by atoms with Crippen LogP contribution in [0.4, 0.5) is 15.8 Å². The van der Waals surface area contributed by atoms with Crippen molar-refractivity contribution in [3.05, 3.63) is 53.9 Å². The molecular formula is C27H30FN7O3. The van der Waals surface area contributed by atoms with E-state index >= 15 is 0 Å². The number of hydrogen-bond acceptors (Lipinski definition) is 8. The van der Waals surface area contributed by atoms with E-state index in [2.05, 4.69) is 44.3 Å². The van der Waals surface area contributed by atoms with E-state index in [0.717, 1.165) is 30.6 Å². The fourth-order valence-corrected chi connectivity index (χ4v) is 5.33. The summed E-state index contributed by atoms with van der Waals surface area (Å²) >= 11 is 0. The summed E-state index contributed by atoms with van der Waals surface area (Å²) in [7, 11) is 0. The van der Waals surface area contributed by atoms with E-state index in [1.807, 2.05) is 6.07 Å². The number of aryl methyl sites for hydroxylation is 1. The molecule has 0 radical (unpaired) electrons. The highest BCUT2D eigenvalue weighted by atomic mass is 19.1. The quantitative estimate of drug-likeness (QED) is 0.414. The van der Waals surface area contributed by atoms with Crippen molar-refractivity contribution in [3.8, 4) is 6.01 Å². The lowest BCUT2D eigenvalue weighted by atomic mass is 10.0. The van der Waals surface area contributed by atoms with Crippen LogP contribution in [0.5, 0.6) is 6.01 Å². The van der Waals surface area contributed by atoms with Crippen LogP contribution >= 0.6 is 0 Å². The molecule has 0 bridgehead atoms. The summed E-state index contributed by atoms with van der Waals surface area (Å²) in [5.74, 6) is -0.928. The smallest absolute Gasteiger partial charge is 0.317 e. The first-order valence-electron chi connectivity index (χ1n) is 12.9. The zero-order valence-electron chi connectivity index (χ0n) is 21.6. The van der Waals surface area contributed by atoms with Crippen LogP contribution in [0.25, 0.3) is 16.6 Å².